The van der Waals surface area contributed by atoms with E-state index in [2.05, 4.69) is 15.4 Å². The first kappa shape index (κ1) is 15.2. The average Bonchev–Trinajstić information content (AvgIpc) is 3.01. The van der Waals surface area contributed by atoms with Gasteiger partial charge in [0.25, 0.3) is 5.91 Å². The summed E-state index contributed by atoms with van der Waals surface area (Å²) in [5.41, 5.74) is 0.307. The number of amides is 1. The summed E-state index contributed by atoms with van der Waals surface area (Å²) in [5, 5.41) is 7.10. The van der Waals surface area contributed by atoms with Crippen LogP contribution in [0.3, 0.4) is 0 Å². The lowest BCUT2D eigenvalue weighted by atomic mass is 10.2. The molecule has 0 bridgehead atoms. The maximum absolute atomic E-state index is 12.3. The third kappa shape index (κ3) is 3.14. The van der Waals surface area contributed by atoms with Crippen molar-refractivity contribution in [2.75, 3.05) is 13.2 Å². The molecule has 4 rings (SSSR count). The third-order valence-corrected chi connectivity index (χ3v) is 4.25. The molecule has 2 fully saturated rings. The Hall–Kier alpha value is -2.35. The van der Waals surface area contributed by atoms with E-state index in [1.165, 1.54) is 6.26 Å². The van der Waals surface area contributed by atoms with E-state index in [1.54, 1.807) is 10.9 Å². The fourth-order valence-electron chi connectivity index (χ4n) is 2.69. The van der Waals surface area contributed by atoms with Crippen molar-refractivity contribution in [3.05, 3.63) is 30.2 Å². The van der Waals surface area contributed by atoms with Gasteiger partial charge in [0.2, 0.25) is 0 Å². The number of hydrogen-bond donors (Lipinski definition) is 1. The first-order chi connectivity index (χ1) is 11.7. The summed E-state index contributed by atoms with van der Waals surface area (Å²) < 4.78 is 18.5. The Morgan fingerprint density at radius 1 is 1.46 bits per heavy atom. The molecular weight excluding hydrogens is 312 g/mol. The van der Waals surface area contributed by atoms with Gasteiger partial charge in [-0.05, 0) is 19.8 Å². The maximum atomic E-state index is 12.3. The molecule has 128 valence electrons. The topological polar surface area (TPSA) is 91.4 Å². The molecule has 1 aliphatic carbocycles. The zero-order chi connectivity index (χ0) is 16.5. The van der Waals surface area contributed by atoms with Crippen LogP contribution in [-0.4, -0.2) is 46.0 Å². The Morgan fingerprint density at radius 2 is 2.33 bits per heavy atom. The van der Waals surface area contributed by atoms with Crippen LogP contribution in [0.25, 0.3) is 0 Å². The molecule has 8 nitrogen and oxygen atoms in total. The number of carbonyl (C=O) groups excluding carboxylic acids is 1. The largest absolute Gasteiger partial charge is 0.482 e. The molecule has 1 aliphatic heterocycles. The van der Waals surface area contributed by atoms with Gasteiger partial charge in [-0.25, -0.2) is 4.98 Å². The van der Waals surface area contributed by atoms with Gasteiger partial charge in [-0.15, -0.1) is 0 Å². The summed E-state index contributed by atoms with van der Waals surface area (Å²) in [4.78, 5) is 16.6. The molecule has 8 heteroatoms. The summed E-state index contributed by atoms with van der Waals surface area (Å²) in [6.07, 6.45) is 6.83. The number of aromatic nitrogens is 3. The van der Waals surface area contributed by atoms with Crippen LogP contribution in [0.15, 0.2) is 23.1 Å². The minimum absolute atomic E-state index is 0.233. The van der Waals surface area contributed by atoms with Crippen LogP contribution in [-0.2, 0) is 11.3 Å². The van der Waals surface area contributed by atoms with E-state index in [1.807, 2.05) is 13.1 Å². The lowest BCUT2D eigenvalue weighted by Crippen LogP contribution is -2.45. The second-order valence-corrected chi connectivity index (χ2v) is 6.15. The van der Waals surface area contributed by atoms with Crippen LogP contribution in [0.2, 0.25) is 0 Å². The Morgan fingerprint density at radius 3 is 3.08 bits per heavy atom. The van der Waals surface area contributed by atoms with Crippen molar-refractivity contribution < 1.29 is 18.7 Å². The van der Waals surface area contributed by atoms with Crippen LogP contribution in [0.5, 0.6) is 5.75 Å². The summed E-state index contributed by atoms with van der Waals surface area (Å²) in [7, 11) is 0. The highest BCUT2D eigenvalue weighted by Gasteiger charge is 2.34. The quantitative estimate of drug-likeness (QED) is 0.858. The molecule has 1 saturated carbocycles. The standard InChI is InChI=1S/C16H20N4O4/c1-2-20-6-11(5-17-20)24-14-9-22-7-12(14)18-15(21)13-8-23-16(19-13)10-3-4-10/h5-6,8,10,12,14H,2-4,7,9H2,1H3,(H,18,21)/t12-,14+/m0/s1. The summed E-state index contributed by atoms with van der Waals surface area (Å²) >= 11 is 0. The molecule has 0 aromatic carbocycles. The van der Waals surface area contributed by atoms with Crippen molar-refractivity contribution in [3.63, 3.8) is 0 Å². The van der Waals surface area contributed by atoms with Gasteiger partial charge in [-0.2, -0.15) is 5.10 Å². The molecular formula is C16H20N4O4. The SMILES string of the molecule is CCn1cc(O[C@@H]2COC[C@@H]2NC(=O)c2coc(C3CC3)n2)cn1. The van der Waals surface area contributed by atoms with Crippen LogP contribution >= 0.6 is 0 Å². The van der Waals surface area contributed by atoms with Crippen LogP contribution in [0, 0.1) is 0 Å². The highest BCUT2D eigenvalue weighted by atomic mass is 16.5. The molecule has 0 spiro atoms. The summed E-state index contributed by atoms with van der Waals surface area (Å²) in [6.45, 7) is 3.62. The Bertz CT molecular complexity index is 721. The zero-order valence-electron chi connectivity index (χ0n) is 13.5. The number of oxazole rings is 1. The molecule has 1 saturated heterocycles. The van der Waals surface area contributed by atoms with Crippen molar-refractivity contribution >= 4 is 5.91 Å². The molecule has 1 N–H and O–H groups in total. The molecule has 0 radical (unpaired) electrons. The molecule has 1 amide bonds. The van der Waals surface area contributed by atoms with E-state index in [0.717, 1.165) is 19.4 Å². The number of rotatable bonds is 6. The predicted molar refractivity (Wildman–Crippen MR) is 82.9 cm³/mol. The van der Waals surface area contributed by atoms with Gasteiger partial charge in [0.1, 0.15) is 12.4 Å². The van der Waals surface area contributed by atoms with E-state index in [9.17, 15) is 4.79 Å². The first-order valence-corrected chi connectivity index (χ1v) is 8.26. The number of carbonyl (C=O) groups is 1. The van der Waals surface area contributed by atoms with E-state index >= 15 is 0 Å². The molecule has 2 aromatic rings. The van der Waals surface area contributed by atoms with Crippen molar-refractivity contribution in [1.82, 2.24) is 20.1 Å². The normalized spacial score (nSPS) is 23.4. The van der Waals surface area contributed by atoms with E-state index in [4.69, 9.17) is 13.9 Å². The molecule has 3 heterocycles. The van der Waals surface area contributed by atoms with Gasteiger partial charge in [-0.3, -0.25) is 9.48 Å². The van der Waals surface area contributed by atoms with Crippen LogP contribution in [0.1, 0.15) is 42.1 Å². The Balaban J connectivity index is 1.37. The second-order valence-electron chi connectivity index (χ2n) is 6.15. The fourth-order valence-corrected chi connectivity index (χ4v) is 2.69. The van der Waals surface area contributed by atoms with E-state index in [0.29, 0.717) is 36.5 Å². The van der Waals surface area contributed by atoms with Crippen molar-refractivity contribution in [2.24, 2.45) is 0 Å². The fraction of sp³-hybridized carbons (Fsp3) is 0.562. The highest BCUT2D eigenvalue weighted by molar-refractivity contribution is 5.92. The second kappa shape index (κ2) is 6.27. The number of hydrogen-bond acceptors (Lipinski definition) is 6. The lowest BCUT2D eigenvalue weighted by Gasteiger charge is -2.19. The predicted octanol–water partition coefficient (Wildman–Crippen LogP) is 1.34. The van der Waals surface area contributed by atoms with Gasteiger partial charge >= 0.3 is 0 Å². The van der Waals surface area contributed by atoms with Gasteiger partial charge in [0.05, 0.1) is 31.6 Å². The maximum Gasteiger partial charge on any atom is 0.273 e. The number of ether oxygens (including phenoxy) is 2. The van der Waals surface area contributed by atoms with E-state index < -0.39 is 0 Å². The van der Waals surface area contributed by atoms with Gasteiger partial charge < -0.3 is 19.2 Å². The smallest absolute Gasteiger partial charge is 0.273 e. The van der Waals surface area contributed by atoms with E-state index in [-0.39, 0.29) is 18.1 Å². The minimum atomic E-state index is -0.265. The monoisotopic (exact) mass is 332 g/mol. The summed E-state index contributed by atoms with van der Waals surface area (Å²) in [5.74, 6) is 1.44. The van der Waals surface area contributed by atoms with Crippen molar-refractivity contribution in [1.29, 1.82) is 0 Å². The van der Waals surface area contributed by atoms with Crippen LogP contribution < -0.4 is 10.1 Å². The molecule has 2 aliphatic rings. The minimum Gasteiger partial charge on any atom is -0.482 e. The Kier molecular flexibility index (Phi) is 3.97. The average molecular weight is 332 g/mol. The number of nitrogens with one attached hydrogen (secondary N) is 1. The lowest BCUT2D eigenvalue weighted by molar-refractivity contribution is 0.0899. The summed E-state index contributed by atoms with van der Waals surface area (Å²) in [6, 6.07) is -0.233. The molecule has 24 heavy (non-hydrogen) atoms. The zero-order valence-corrected chi connectivity index (χ0v) is 13.5. The Labute approximate surface area is 139 Å². The van der Waals surface area contributed by atoms with Gasteiger partial charge in [-0.1, -0.05) is 0 Å². The first-order valence-electron chi connectivity index (χ1n) is 8.26. The highest BCUT2D eigenvalue weighted by Crippen LogP contribution is 2.39. The third-order valence-electron chi connectivity index (χ3n) is 4.25. The van der Waals surface area contributed by atoms with Gasteiger partial charge in [0, 0.05) is 12.5 Å². The number of nitrogens with zero attached hydrogens (tertiary/aromatic N) is 3. The van der Waals surface area contributed by atoms with Crippen LogP contribution in [0.4, 0.5) is 0 Å². The molecule has 2 aromatic heterocycles. The van der Waals surface area contributed by atoms with Crippen molar-refractivity contribution in [3.8, 4) is 5.75 Å². The number of aryl methyl sites for hydroxylation is 1. The molecule has 0 unspecified atom stereocenters. The van der Waals surface area contributed by atoms with Crippen molar-refractivity contribution in [2.45, 2.75) is 44.4 Å². The van der Waals surface area contributed by atoms with Gasteiger partial charge in [0.15, 0.2) is 17.3 Å². The molecule has 2 atom stereocenters.